The van der Waals surface area contributed by atoms with Gasteiger partial charge in [0, 0.05) is 25.3 Å². The molecule has 174 valence electrons. The second kappa shape index (κ2) is 9.33. The number of nitrogens with zero attached hydrogens (tertiary/aromatic N) is 1. The van der Waals surface area contributed by atoms with Crippen molar-refractivity contribution < 1.29 is 35.9 Å². The fourth-order valence-electron chi connectivity index (χ4n) is 3.23. The minimum absolute atomic E-state index is 0.123. The van der Waals surface area contributed by atoms with Gasteiger partial charge >= 0.3 is 6.36 Å². The predicted octanol–water partition coefficient (Wildman–Crippen LogP) is 2.80. The van der Waals surface area contributed by atoms with Crippen molar-refractivity contribution in [3.8, 4) is 5.75 Å². The average Bonchev–Trinajstić information content (AvgIpc) is 2.72. The van der Waals surface area contributed by atoms with Gasteiger partial charge < -0.3 is 20.5 Å². The molecule has 2 aromatic rings. The van der Waals surface area contributed by atoms with E-state index in [2.05, 4.69) is 22.0 Å². The quantitative estimate of drug-likeness (QED) is 0.662. The Morgan fingerprint density at radius 2 is 1.97 bits per heavy atom. The summed E-state index contributed by atoms with van der Waals surface area (Å²) < 4.78 is 71.5. The number of alkyl halides is 3. The van der Waals surface area contributed by atoms with Gasteiger partial charge in [-0.2, -0.15) is 0 Å². The van der Waals surface area contributed by atoms with Crippen LogP contribution in [0.25, 0.3) is 0 Å². The van der Waals surface area contributed by atoms with Gasteiger partial charge in [-0.15, -0.1) is 13.2 Å². The summed E-state index contributed by atoms with van der Waals surface area (Å²) in [5.41, 5.74) is 5.60. The van der Waals surface area contributed by atoms with Crippen LogP contribution in [0.1, 0.15) is 23.8 Å². The molecule has 1 aromatic carbocycles. The maximum atomic E-state index is 12.8. The van der Waals surface area contributed by atoms with E-state index in [1.165, 1.54) is 0 Å². The van der Waals surface area contributed by atoms with Crippen molar-refractivity contribution in [3.63, 3.8) is 0 Å². The largest absolute Gasteiger partial charge is 0.573 e. The van der Waals surface area contributed by atoms with Gasteiger partial charge in [-0.25, -0.2) is 13.4 Å². The molecule has 2 unspecified atom stereocenters. The smallest absolute Gasteiger partial charge is 0.406 e. The molecule has 1 aliphatic heterocycles. The lowest BCUT2D eigenvalue weighted by atomic mass is 9.90. The zero-order valence-electron chi connectivity index (χ0n) is 17.1. The number of aromatic nitrogens is 1. The molecule has 0 saturated carbocycles. The lowest BCUT2D eigenvalue weighted by molar-refractivity contribution is -0.274. The first kappa shape index (κ1) is 23.8. The van der Waals surface area contributed by atoms with Crippen molar-refractivity contribution in [1.82, 2.24) is 10.3 Å². The number of rotatable bonds is 6. The number of nitrogens with two attached hydrogens (primary N) is 1. The highest BCUT2D eigenvalue weighted by atomic mass is 32.2. The van der Waals surface area contributed by atoms with Gasteiger partial charge in [0.2, 0.25) is 9.84 Å². The molecule has 8 nitrogen and oxygen atoms in total. The normalized spacial score (nSPS) is 19.4. The first-order valence-corrected chi connectivity index (χ1v) is 11.2. The van der Waals surface area contributed by atoms with E-state index < -0.39 is 27.9 Å². The van der Waals surface area contributed by atoms with E-state index in [1.807, 2.05) is 0 Å². The van der Waals surface area contributed by atoms with E-state index >= 15 is 0 Å². The Morgan fingerprint density at radius 1 is 1.28 bits per heavy atom. The topological polar surface area (TPSA) is 121 Å². The van der Waals surface area contributed by atoms with Crippen LogP contribution in [0.2, 0.25) is 0 Å². The Labute approximate surface area is 182 Å². The molecule has 0 spiro atoms. The molecule has 1 amide bonds. The lowest BCUT2D eigenvalue weighted by Gasteiger charge is -2.28. The standard InChI is InChI=1S/C20H22F3N3O5S/c1-12-6-7-30-11-13(12)9-26-19(27)18-17(24)8-16(10-25-18)32(28,29)15-4-2-14(3-5-15)31-20(21,22)23/h2-5,8,10,12-13H,6-7,9,11,24H2,1H3,(H,26,27). The number of carbonyl (C=O) groups is 1. The number of nitrogens with one attached hydrogen (secondary N) is 1. The third kappa shape index (κ3) is 5.68. The summed E-state index contributed by atoms with van der Waals surface area (Å²) >= 11 is 0. The van der Waals surface area contributed by atoms with E-state index in [0.29, 0.717) is 25.7 Å². The zero-order valence-corrected chi connectivity index (χ0v) is 17.9. The number of nitrogen functional groups attached to an aromatic ring is 1. The summed E-state index contributed by atoms with van der Waals surface area (Å²) in [6, 6.07) is 4.80. The summed E-state index contributed by atoms with van der Waals surface area (Å²) in [7, 11) is -4.13. The second-order valence-electron chi connectivity index (χ2n) is 7.44. The number of hydrogen-bond acceptors (Lipinski definition) is 7. The van der Waals surface area contributed by atoms with Crippen molar-refractivity contribution in [3.05, 3.63) is 42.2 Å². The van der Waals surface area contributed by atoms with Crippen LogP contribution in [0.4, 0.5) is 18.9 Å². The number of benzene rings is 1. The van der Waals surface area contributed by atoms with Crippen LogP contribution < -0.4 is 15.8 Å². The molecule has 1 aliphatic rings. The molecule has 0 radical (unpaired) electrons. The molecule has 1 aromatic heterocycles. The minimum Gasteiger partial charge on any atom is -0.406 e. The van der Waals surface area contributed by atoms with Crippen LogP contribution in [0.3, 0.4) is 0 Å². The van der Waals surface area contributed by atoms with Crippen molar-refractivity contribution >= 4 is 21.4 Å². The average molecular weight is 473 g/mol. The highest BCUT2D eigenvalue weighted by Crippen LogP contribution is 2.27. The Kier molecular flexibility index (Phi) is 6.94. The zero-order chi connectivity index (χ0) is 23.5. The number of amides is 1. The molecule has 32 heavy (non-hydrogen) atoms. The third-order valence-electron chi connectivity index (χ3n) is 5.16. The molecule has 0 aliphatic carbocycles. The van der Waals surface area contributed by atoms with E-state index in [-0.39, 0.29) is 27.1 Å². The SMILES string of the molecule is CC1CCOCC1CNC(=O)c1ncc(S(=O)(=O)c2ccc(OC(F)(F)F)cc2)cc1N. The number of halogens is 3. The molecule has 1 saturated heterocycles. The number of pyridine rings is 1. The molecule has 3 N–H and O–H groups in total. The summed E-state index contributed by atoms with van der Waals surface area (Å²) in [6.07, 6.45) is -3.01. The monoisotopic (exact) mass is 473 g/mol. The van der Waals surface area contributed by atoms with Crippen molar-refractivity contribution in [1.29, 1.82) is 0 Å². The van der Waals surface area contributed by atoms with Gasteiger partial charge in [0.05, 0.1) is 22.1 Å². The van der Waals surface area contributed by atoms with Gasteiger partial charge in [-0.3, -0.25) is 4.79 Å². The maximum Gasteiger partial charge on any atom is 0.573 e. The van der Waals surface area contributed by atoms with E-state index in [1.54, 1.807) is 0 Å². The van der Waals surface area contributed by atoms with Gasteiger partial charge in [0.25, 0.3) is 5.91 Å². The van der Waals surface area contributed by atoms with Gasteiger partial charge in [-0.1, -0.05) is 6.92 Å². The van der Waals surface area contributed by atoms with Gasteiger partial charge in [0.15, 0.2) is 5.69 Å². The number of anilines is 1. The molecule has 1 fully saturated rings. The van der Waals surface area contributed by atoms with Crippen LogP contribution in [-0.2, 0) is 14.6 Å². The Bertz CT molecular complexity index is 1070. The Morgan fingerprint density at radius 3 is 2.56 bits per heavy atom. The third-order valence-corrected chi connectivity index (χ3v) is 6.90. The number of ether oxygens (including phenoxy) is 2. The summed E-state index contributed by atoms with van der Waals surface area (Å²) in [5, 5.41) is 2.74. The highest BCUT2D eigenvalue weighted by molar-refractivity contribution is 7.91. The van der Waals surface area contributed by atoms with Crippen LogP contribution in [0, 0.1) is 11.8 Å². The molecule has 12 heteroatoms. The fraction of sp³-hybridized carbons (Fsp3) is 0.400. The van der Waals surface area contributed by atoms with E-state index in [4.69, 9.17) is 10.5 Å². The first-order chi connectivity index (χ1) is 15.0. The summed E-state index contributed by atoms with van der Waals surface area (Å²) in [6.45, 7) is 3.67. The number of carbonyl (C=O) groups excluding carboxylic acids is 1. The van der Waals surface area contributed by atoms with Crippen LogP contribution in [0.5, 0.6) is 5.75 Å². The summed E-state index contributed by atoms with van der Waals surface area (Å²) in [4.78, 5) is 15.8. The van der Waals surface area contributed by atoms with Crippen LogP contribution in [-0.4, -0.2) is 45.4 Å². The fourth-order valence-corrected chi connectivity index (χ4v) is 4.47. The number of sulfone groups is 1. The van der Waals surface area contributed by atoms with E-state index in [0.717, 1.165) is 42.9 Å². The second-order valence-corrected chi connectivity index (χ2v) is 9.39. The highest BCUT2D eigenvalue weighted by Gasteiger charge is 2.31. The molecule has 0 bridgehead atoms. The molecule has 2 atom stereocenters. The maximum absolute atomic E-state index is 12.8. The molecule has 2 heterocycles. The van der Waals surface area contributed by atoms with Gasteiger partial charge in [-0.05, 0) is 42.7 Å². The Balaban J connectivity index is 1.72. The van der Waals surface area contributed by atoms with Gasteiger partial charge in [0.1, 0.15) is 5.75 Å². The van der Waals surface area contributed by atoms with E-state index in [9.17, 15) is 26.4 Å². The van der Waals surface area contributed by atoms with Crippen LogP contribution >= 0.6 is 0 Å². The molecule has 3 rings (SSSR count). The van der Waals surface area contributed by atoms with Crippen molar-refractivity contribution in [2.75, 3.05) is 25.5 Å². The Hall–Kier alpha value is -2.86. The van der Waals surface area contributed by atoms with Crippen molar-refractivity contribution in [2.45, 2.75) is 29.5 Å². The predicted molar refractivity (Wildman–Crippen MR) is 108 cm³/mol. The number of hydrogen-bond donors (Lipinski definition) is 2. The molecular weight excluding hydrogens is 451 g/mol. The lowest BCUT2D eigenvalue weighted by Crippen LogP contribution is -2.37. The first-order valence-electron chi connectivity index (χ1n) is 9.70. The minimum atomic E-state index is -4.89. The molecular formula is C20H22F3N3O5S. The van der Waals surface area contributed by atoms with Crippen LogP contribution in [0.15, 0.2) is 46.3 Å². The van der Waals surface area contributed by atoms with Crippen molar-refractivity contribution in [2.24, 2.45) is 11.8 Å². The summed E-state index contributed by atoms with van der Waals surface area (Å²) in [5.74, 6) is -0.565.